The quantitative estimate of drug-likeness (QED) is 0.706. The van der Waals surface area contributed by atoms with Gasteiger partial charge in [-0.1, -0.05) is 6.08 Å². The number of hydrogen-bond donors (Lipinski definition) is 1. The van der Waals surface area contributed by atoms with E-state index in [1.807, 2.05) is 20.0 Å². The molecule has 17 heavy (non-hydrogen) atoms. The number of carbonyl (C=O) groups is 1. The van der Waals surface area contributed by atoms with Gasteiger partial charge in [-0.3, -0.25) is 4.90 Å². The summed E-state index contributed by atoms with van der Waals surface area (Å²) in [4.78, 5) is 13.8. The number of ether oxygens (including phenoxy) is 1. The zero-order chi connectivity index (χ0) is 12.6. The maximum absolute atomic E-state index is 11.7. The molecule has 0 aromatic heterocycles. The summed E-state index contributed by atoms with van der Waals surface area (Å²) < 4.78 is 4.75. The van der Waals surface area contributed by atoms with Crippen molar-refractivity contribution in [2.75, 3.05) is 14.2 Å². The van der Waals surface area contributed by atoms with Crippen LogP contribution < -0.4 is 0 Å². The molecule has 1 heterocycles. The first-order valence-corrected chi connectivity index (χ1v) is 6.01. The van der Waals surface area contributed by atoms with Crippen molar-refractivity contribution in [3.8, 4) is 0 Å². The molecule has 2 aliphatic rings. The lowest BCUT2D eigenvalue weighted by atomic mass is 9.84. The van der Waals surface area contributed by atoms with Gasteiger partial charge in [0.2, 0.25) is 0 Å². The summed E-state index contributed by atoms with van der Waals surface area (Å²) in [6, 6.07) is 0.120. The SMILES string of the molecule is COC(=O)C1=C(O)C2=CCCC[C@@H]2N(C)[C@@H]1C. The number of hydrogen-bond acceptors (Lipinski definition) is 4. The van der Waals surface area contributed by atoms with E-state index in [0.29, 0.717) is 5.57 Å². The Bertz CT molecular complexity index is 397. The first-order chi connectivity index (χ1) is 8.07. The van der Waals surface area contributed by atoms with Crippen molar-refractivity contribution in [3.05, 3.63) is 23.0 Å². The summed E-state index contributed by atoms with van der Waals surface area (Å²) in [6.45, 7) is 1.92. The van der Waals surface area contributed by atoms with Gasteiger partial charge in [-0.25, -0.2) is 4.79 Å². The van der Waals surface area contributed by atoms with Gasteiger partial charge >= 0.3 is 5.97 Å². The molecule has 0 aromatic carbocycles. The van der Waals surface area contributed by atoms with E-state index in [0.717, 1.165) is 24.8 Å². The van der Waals surface area contributed by atoms with Crippen LogP contribution in [0.25, 0.3) is 0 Å². The zero-order valence-electron chi connectivity index (χ0n) is 10.6. The van der Waals surface area contributed by atoms with E-state index in [1.54, 1.807) is 0 Å². The van der Waals surface area contributed by atoms with Gasteiger partial charge in [0.05, 0.1) is 12.7 Å². The molecule has 1 aliphatic heterocycles. The van der Waals surface area contributed by atoms with Gasteiger partial charge in [0.15, 0.2) is 0 Å². The highest BCUT2D eigenvalue weighted by Crippen LogP contribution is 2.36. The minimum atomic E-state index is -0.438. The van der Waals surface area contributed by atoms with E-state index in [4.69, 9.17) is 4.74 Å². The fraction of sp³-hybridized carbons (Fsp3) is 0.615. The number of carbonyl (C=O) groups excluding carboxylic acids is 1. The monoisotopic (exact) mass is 237 g/mol. The Hall–Kier alpha value is -1.29. The number of nitrogens with zero attached hydrogens (tertiary/aromatic N) is 1. The van der Waals surface area contributed by atoms with E-state index in [2.05, 4.69) is 4.90 Å². The lowest BCUT2D eigenvalue weighted by Gasteiger charge is -2.41. The molecular weight excluding hydrogens is 218 g/mol. The molecular formula is C13H19NO3. The molecule has 1 N–H and O–H groups in total. The van der Waals surface area contributed by atoms with Gasteiger partial charge in [0, 0.05) is 17.7 Å². The van der Waals surface area contributed by atoms with Gasteiger partial charge in [-0.05, 0) is 33.2 Å². The predicted molar refractivity (Wildman–Crippen MR) is 64.6 cm³/mol. The maximum atomic E-state index is 11.7. The van der Waals surface area contributed by atoms with Gasteiger partial charge in [0.25, 0.3) is 0 Å². The normalized spacial score (nSPS) is 29.7. The second kappa shape index (κ2) is 4.53. The first kappa shape index (κ1) is 12.2. The molecule has 0 unspecified atom stereocenters. The Morgan fingerprint density at radius 2 is 2.29 bits per heavy atom. The molecule has 0 saturated carbocycles. The topological polar surface area (TPSA) is 49.8 Å². The molecule has 0 bridgehead atoms. The minimum Gasteiger partial charge on any atom is -0.507 e. The van der Waals surface area contributed by atoms with Crippen LogP contribution in [0.5, 0.6) is 0 Å². The van der Waals surface area contributed by atoms with Crippen LogP contribution in [0.1, 0.15) is 26.2 Å². The third-order valence-electron chi connectivity index (χ3n) is 3.86. The van der Waals surface area contributed by atoms with Crippen LogP contribution in [0.3, 0.4) is 0 Å². The Labute approximate surface area is 102 Å². The first-order valence-electron chi connectivity index (χ1n) is 6.01. The lowest BCUT2D eigenvalue weighted by Crippen LogP contribution is -2.47. The molecule has 0 amide bonds. The molecule has 0 fully saturated rings. The van der Waals surface area contributed by atoms with Crippen molar-refractivity contribution in [2.24, 2.45) is 0 Å². The smallest absolute Gasteiger partial charge is 0.339 e. The van der Waals surface area contributed by atoms with Crippen LogP contribution in [0.4, 0.5) is 0 Å². The summed E-state index contributed by atoms with van der Waals surface area (Å²) in [5.41, 5.74) is 1.26. The summed E-state index contributed by atoms with van der Waals surface area (Å²) in [6.07, 6.45) is 5.17. The van der Waals surface area contributed by atoms with Gasteiger partial charge in [-0.15, -0.1) is 0 Å². The summed E-state index contributed by atoms with van der Waals surface area (Å²) in [5, 5.41) is 10.2. The van der Waals surface area contributed by atoms with Crippen LogP contribution >= 0.6 is 0 Å². The third-order valence-corrected chi connectivity index (χ3v) is 3.86. The summed E-state index contributed by atoms with van der Waals surface area (Å²) >= 11 is 0. The number of fused-ring (bicyclic) bond motifs is 1. The highest BCUT2D eigenvalue weighted by molar-refractivity contribution is 5.91. The molecule has 1 aliphatic carbocycles. The number of allylic oxidation sites excluding steroid dienone is 1. The predicted octanol–water partition coefficient (Wildman–Crippen LogP) is 1.78. The number of esters is 1. The molecule has 4 heteroatoms. The van der Waals surface area contributed by atoms with E-state index in [9.17, 15) is 9.90 Å². The number of rotatable bonds is 1. The third kappa shape index (κ3) is 1.86. The Morgan fingerprint density at radius 1 is 1.59 bits per heavy atom. The summed E-state index contributed by atoms with van der Waals surface area (Å²) in [5.74, 6) is -0.307. The second-order valence-corrected chi connectivity index (χ2v) is 4.70. The number of aliphatic hydroxyl groups is 1. The van der Waals surface area contributed by atoms with Crippen molar-refractivity contribution in [2.45, 2.75) is 38.3 Å². The van der Waals surface area contributed by atoms with E-state index in [-0.39, 0.29) is 17.8 Å². The van der Waals surface area contributed by atoms with Crippen molar-refractivity contribution < 1.29 is 14.6 Å². The molecule has 94 valence electrons. The van der Waals surface area contributed by atoms with Crippen molar-refractivity contribution in [1.29, 1.82) is 0 Å². The van der Waals surface area contributed by atoms with Gasteiger partial charge in [-0.2, -0.15) is 0 Å². The molecule has 0 radical (unpaired) electrons. The standard InChI is InChI=1S/C13H19NO3/c1-8-11(13(16)17-3)12(15)9-6-4-5-7-10(9)14(8)2/h6,8,10,15H,4-5,7H2,1-3H3/t8-,10+/m1/s1. The average molecular weight is 237 g/mol. The van der Waals surface area contributed by atoms with Crippen molar-refractivity contribution in [1.82, 2.24) is 4.90 Å². The van der Waals surface area contributed by atoms with Crippen LogP contribution in [-0.2, 0) is 9.53 Å². The minimum absolute atomic E-state index is 0.109. The fourth-order valence-electron chi connectivity index (χ4n) is 2.74. The van der Waals surface area contributed by atoms with Crippen molar-refractivity contribution >= 4 is 5.97 Å². The molecule has 0 aromatic rings. The molecule has 0 spiro atoms. The molecule has 2 rings (SSSR count). The van der Waals surface area contributed by atoms with Crippen LogP contribution in [-0.4, -0.2) is 42.2 Å². The Balaban J connectivity index is 2.48. The van der Waals surface area contributed by atoms with Crippen LogP contribution in [0.15, 0.2) is 23.0 Å². The van der Waals surface area contributed by atoms with Gasteiger partial charge < -0.3 is 9.84 Å². The lowest BCUT2D eigenvalue weighted by molar-refractivity contribution is -0.137. The fourth-order valence-corrected chi connectivity index (χ4v) is 2.74. The van der Waals surface area contributed by atoms with Gasteiger partial charge in [0.1, 0.15) is 5.76 Å². The highest BCUT2D eigenvalue weighted by Gasteiger charge is 2.38. The van der Waals surface area contributed by atoms with E-state index < -0.39 is 5.97 Å². The zero-order valence-corrected chi connectivity index (χ0v) is 10.6. The largest absolute Gasteiger partial charge is 0.507 e. The molecule has 0 saturated heterocycles. The number of methoxy groups -OCH3 is 1. The summed E-state index contributed by atoms with van der Waals surface area (Å²) in [7, 11) is 3.33. The Morgan fingerprint density at radius 3 is 2.94 bits per heavy atom. The molecule has 4 nitrogen and oxygen atoms in total. The molecule has 2 atom stereocenters. The van der Waals surface area contributed by atoms with E-state index in [1.165, 1.54) is 7.11 Å². The van der Waals surface area contributed by atoms with E-state index >= 15 is 0 Å². The maximum Gasteiger partial charge on any atom is 0.339 e. The van der Waals surface area contributed by atoms with Crippen molar-refractivity contribution in [3.63, 3.8) is 0 Å². The van der Waals surface area contributed by atoms with Crippen LogP contribution in [0.2, 0.25) is 0 Å². The average Bonchev–Trinajstić information content (AvgIpc) is 2.36. The second-order valence-electron chi connectivity index (χ2n) is 4.70. The highest BCUT2D eigenvalue weighted by atomic mass is 16.5. The number of likely N-dealkylation sites (N-methyl/N-ethyl adjacent to an activating group) is 1. The Kier molecular flexibility index (Phi) is 3.24. The number of aliphatic hydroxyl groups excluding tert-OH is 1. The van der Waals surface area contributed by atoms with Crippen LogP contribution in [0, 0.1) is 0 Å².